The van der Waals surface area contributed by atoms with Gasteiger partial charge in [0.25, 0.3) is 0 Å². The van der Waals surface area contributed by atoms with E-state index in [0.29, 0.717) is 11.7 Å². The van der Waals surface area contributed by atoms with Crippen LogP contribution in [-0.2, 0) is 0 Å². The Bertz CT molecular complexity index is 370. The first-order chi connectivity index (χ1) is 8.20. The number of aliphatic hydroxyl groups is 1. The van der Waals surface area contributed by atoms with Gasteiger partial charge in [-0.1, -0.05) is 6.42 Å². The fourth-order valence-corrected chi connectivity index (χ4v) is 3.84. The highest BCUT2D eigenvalue weighted by molar-refractivity contribution is 7.99. The zero-order valence-corrected chi connectivity index (χ0v) is 11.6. The Morgan fingerprint density at radius 1 is 1.59 bits per heavy atom. The lowest BCUT2D eigenvalue weighted by molar-refractivity contribution is 0.105. The lowest BCUT2D eigenvalue weighted by atomic mass is 9.87. The quantitative estimate of drug-likeness (QED) is 0.735. The maximum Gasteiger partial charge on any atom is 0.153 e. The van der Waals surface area contributed by atoms with Crippen LogP contribution in [0.2, 0.25) is 0 Å². The molecule has 4 nitrogen and oxygen atoms in total. The Labute approximate surface area is 110 Å². The van der Waals surface area contributed by atoms with Crippen LogP contribution in [0.5, 0.6) is 0 Å². The second-order valence-corrected chi connectivity index (χ2v) is 6.09. The minimum atomic E-state index is -0.109. The summed E-state index contributed by atoms with van der Waals surface area (Å²) in [5.74, 6) is 1.19. The SMILES string of the molecule is CSc1c(N)nsc1NCC1CCCC(O)C1. The van der Waals surface area contributed by atoms with E-state index in [-0.39, 0.29) is 6.10 Å². The van der Waals surface area contributed by atoms with Crippen LogP contribution in [-0.4, -0.2) is 28.4 Å². The molecule has 2 atom stereocenters. The van der Waals surface area contributed by atoms with Crippen LogP contribution in [0.3, 0.4) is 0 Å². The summed E-state index contributed by atoms with van der Waals surface area (Å²) in [6.45, 7) is 0.909. The van der Waals surface area contributed by atoms with Crippen molar-refractivity contribution in [2.75, 3.05) is 23.9 Å². The summed E-state index contributed by atoms with van der Waals surface area (Å²) < 4.78 is 4.15. The van der Waals surface area contributed by atoms with Crippen molar-refractivity contribution >= 4 is 34.1 Å². The Morgan fingerprint density at radius 2 is 2.41 bits per heavy atom. The fourth-order valence-electron chi connectivity index (χ4n) is 2.29. The molecule has 96 valence electrons. The average molecular weight is 273 g/mol. The second kappa shape index (κ2) is 5.93. The van der Waals surface area contributed by atoms with E-state index in [0.717, 1.165) is 35.7 Å². The molecule has 17 heavy (non-hydrogen) atoms. The average Bonchev–Trinajstić information content (AvgIpc) is 2.67. The number of nitrogens with one attached hydrogen (secondary N) is 1. The molecule has 4 N–H and O–H groups in total. The highest BCUT2D eigenvalue weighted by Crippen LogP contribution is 2.35. The third kappa shape index (κ3) is 3.26. The maximum absolute atomic E-state index is 9.62. The highest BCUT2D eigenvalue weighted by Gasteiger charge is 2.20. The molecule has 0 saturated heterocycles. The Balaban J connectivity index is 1.88. The number of nitrogens with zero attached hydrogens (tertiary/aromatic N) is 1. The van der Waals surface area contributed by atoms with Crippen LogP contribution in [0.1, 0.15) is 25.7 Å². The molecule has 1 heterocycles. The first kappa shape index (κ1) is 13.0. The molecule has 0 amide bonds. The molecule has 0 aliphatic heterocycles. The Hall–Kier alpha value is -0.460. The van der Waals surface area contributed by atoms with Gasteiger partial charge in [-0.05, 0) is 43.0 Å². The van der Waals surface area contributed by atoms with Crippen LogP contribution < -0.4 is 11.1 Å². The summed E-state index contributed by atoms with van der Waals surface area (Å²) >= 11 is 3.05. The molecule has 0 radical (unpaired) electrons. The number of nitrogen functional groups attached to an aromatic ring is 1. The van der Waals surface area contributed by atoms with E-state index in [9.17, 15) is 5.11 Å². The van der Waals surface area contributed by atoms with E-state index in [4.69, 9.17) is 5.73 Å². The first-order valence-corrected chi connectivity index (χ1v) is 7.91. The zero-order valence-electron chi connectivity index (χ0n) is 9.98. The number of rotatable bonds is 4. The van der Waals surface area contributed by atoms with Gasteiger partial charge in [-0.15, -0.1) is 11.8 Å². The molecule has 1 saturated carbocycles. The summed E-state index contributed by atoms with van der Waals surface area (Å²) in [6.07, 6.45) is 6.11. The third-order valence-electron chi connectivity index (χ3n) is 3.18. The van der Waals surface area contributed by atoms with Crippen molar-refractivity contribution in [3.8, 4) is 0 Å². The molecule has 0 bridgehead atoms. The molecular weight excluding hydrogens is 254 g/mol. The van der Waals surface area contributed by atoms with Crippen LogP contribution in [0.15, 0.2) is 4.90 Å². The smallest absolute Gasteiger partial charge is 0.153 e. The van der Waals surface area contributed by atoms with Crippen molar-refractivity contribution in [1.29, 1.82) is 0 Å². The van der Waals surface area contributed by atoms with Gasteiger partial charge in [-0.3, -0.25) is 0 Å². The number of hydrogen-bond acceptors (Lipinski definition) is 6. The van der Waals surface area contributed by atoms with E-state index in [2.05, 4.69) is 9.69 Å². The van der Waals surface area contributed by atoms with Crippen molar-refractivity contribution in [2.24, 2.45) is 5.92 Å². The van der Waals surface area contributed by atoms with Gasteiger partial charge in [-0.2, -0.15) is 4.37 Å². The van der Waals surface area contributed by atoms with Gasteiger partial charge in [0, 0.05) is 6.54 Å². The molecule has 1 aliphatic rings. The number of anilines is 2. The molecule has 0 spiro atoms. The first-order valence-electron chi connectivity index (χ1n) is 5.91. The second-order valence-electron chi connectivity index (χ2n) is 4.50. The summed E-state index contributed by atoms with van der Waals surface area (Å²) in [7, 11) is 0. The molecule has 1 fully saturated rings. The van der Waals surface area contributed by atoms with Gasteiger partial charge in [0.1, 0.15) is 5.00 Å². The van der Waals surface area contributed by atoms with E-state index < -0.39 is 0 Å². The summed E-state index contributed by atoms with van der Waals surface area (Å²) in [6, 6.07) is 0. The number of thioether (sulfide) groups is 1. The van der Waals surface area contributed by atoms with Gasteiger partial charge in [0.2, 0.25) is 0 Å². The van der Waals surface area contributed by atoms with Crippen LogP contribution >= 0.6 is 23.3 Å². The van der Waals surface area contributed by atoms with Gasteiger partial charge in [0.15, 0.2) is 5.82 Å². The molecule has 1 aromatic heterocycles. The zero-order chi connectivity index (χ0) is 12.3. The van der Waals surface area contributed by atoms with E-state index in [1.807, 2.05) is 6.26 Å². The van der Waals surface area contributed by atoms with Crippen molar-refractivity contribution in [3.63, 3.8) is 0 Å². The van der Waals surface area contributed by atoms with Gasteiger partial charge in [-0.25, -0.2) is 0 Å². The van der Waals surface area contributed by atoms with Gasteiger partial charge >= 0.3 is 0 Å². The molecule has 1 aliphatic carbocycles. The highest BCUT2D eigenvalue weighted by atomic mass is 32.2. The van der Waals surface area contributed by atoms with Gasteiger partial charge in [0.05, 0.1) is 11.0 Å². The maximum atomic E-state index is 9.62. The number of hydrogen-bond donors (Lipinski definition) is 3. The predicted molar refractivity (Wildman–Crippen MR) is 74.8 cm³/mol. The van der Waals surface area contributed by atoms with E-state index in [1.165, 1.54) is 18.0 Å². The van der Waals surface area contributed by atoms with Crippen LogP contribution in [0.25, 0.3) is 0 Å². The fraction of sp³-hybridized carbons (Fsp3) is 0.727. The van der Waals surface area contributed by atoms with Crippen molar-refractivity contribution in [1.82, 2.24) is 4.37 Å². The minimum Gasteiger partial charge on any atom is -0.393 e. The van der Waals surface area contributed by atoms with Crippen LogP contribution in [0.4, 0.5) is 10.8 Å². The summed E-state index contributed by atoms with van der Waals surface area (Å²) in [4.78, 5) is 1.05. The van der Waals surface area contributed by atoms with Gasteiger partial charge < -0.3 is 16.2 Å². The van der Waals surface area contributed by atoms with Crippen molar-refractivity contribution in [2.45, 2.75) is 36.7 Å². The molecule has 2 rings (SSSR count). The third-order valence-corrected chi connectivity index (χ3v) is 4.95. The standard InChI is InChI=1S/C11H19N3OS2/c1-16-9-10(12)14-17-11(9)13-6-7-3-2-4-8(15)5-7/h7-8,13,15H,2-6H2,1H3,(H2,12,14). The number of aromatic nitrogens is 1. The molecule has 0 aromatic carbocycles. The molecule has 1 aromatic rings. The summed E-state index contributed by atoms with van der Waals surface area (Å²) in [5, 5.41) is 14.1. The van der Waals surface area contributed by atoms with E-state index in [1.54, 1.807) is 11.8 Å². The number of nitrogens with two attached hydrogens (primary N) is 1. The predicted octanol–water partition coefficient (Wildman–Crippen LogP) is 2.41. The lowest BCUT2D eigenvalue weighted by Crippen LogP contribution is -2.24. The largest absolute Gasteiger partial charge is 0.393 e. The normalized spacial score (nSPS) is 24.8. The van der Waals surface area contributed by atoms with E-state index >= 15 is 0 Å². The molecular formula is C11H19N3OS2. The monoisotopic (exact) mass is 273 g/mol. The van der Waals surface area contributed by atoms with Crippen LogP contribution in [0, 0.1) is 5.92 Å². The topological polar surface area (TPSA) is 71.2 Å². The molecule has 6 heteroatoms. The van der Waals surface area contributed by atoms with Crippen molar-refractivity contribution in [3.05, 3.63) is 0 Å². The Kier molecular flexibility index (Phi) is 4.53. The lowest BCUT2D eigenvalue weighted by Gasteiger charge is -2.26. The minimum absolute atomic E-state index is 0.109. The Morgan fingerprint density at radius 3 is 3.12 bits per heavy atom. The number of aliphatic hydroxyl groups excluding tert-OH is 1. The van der Waals surface area contributed by atoms with Crippen molar-refractivity contribution < 1.29 is 5.11 Å². The molecule has 2 unspecified atom stereocenters. The summed E-state index contributed by atoms with van der Waals surface area (Å²) in [5.41, 5.74) is 5.78.